The molecule has 1 aromatic heterocycles. The van der Waals surface area contributed by atoms with Gasteiger partial charge < -0.3 is 4.74 Å². The van der Waals surface area contributed by atoms with Gasteiger partial charge in [-0.15, -0.1) is 6.42 Å². The molecule has 0 unspecified atom stereocenters. The molecule has 0 N–H and O–H groups in total. The van der Waals surface area contributed by atoms with Crippen LogP contribution >= 0.6 is 0 Å². The highest BCUT2D eigenvalue weighted by Gasteiger charge is 1.99. The minimum absolute atomic E-state index is 0.344. The number of benzene rings is 1. The summed E-state index contributed by atoms with van der Waals surface area (Å²) in [5.41, 5.74) is 0.480. The Balaban J connectivity index is 2.24. The Morgan fingerprint density at radius 1 is 1.19 bits per heavy atom. The van der Waals surface area contributed by atoms with Gasteiger partial charge in [0.1, 0.15) is 23.0 Å². The fourth-order valence-electron chi connectivity index (χ4n) is 1.22. The standard InChI is InChI=1S/C13H8FNO/c1-2-11-9-13(6-7-15-11)16-12-5-3-4-10(14)8-12/h1,3-9H. The van der Waals surface area contributed by atoms with Gasteiger partial charge in [-0.2, -0.15) is 0 Å². The topological polar surface area (TPSA) is 22.1 Å². The molecular weight excluding hydrogens is 205 g/mol. The SMILES string of the molecule is C#Cc1cc(Oc2cccc(F)c2)ccn1. The molecule has 78 valence electrons. The summed E-state index contributed by atoms with van der Waals surface area (Å²) in [6.07, 6.45) is 6.75. The average Bonchev–Trinajstić information content (AvgIpc) is 2.29. The molecule has 0 bridgehead atoms. The summed E-state index contributed by atoms with van der Waals surface area (Å²) in [6, 6.07) is 9.17. The lowest BCUT2D eigenvalue weighted by molar-refractivity contribution is 0.476. The van der Waals surface area contributed by atoms with E-state index in [1.54, 1.807) is 30.5 Å². The van der Waals surface area contributed by atoms with Crippen LogP contribution in [0.25, 0.3) is 0 Å². The molecule has 0 amide bonds. The lowest BCUT2D eigenvalue weighted by atomic mass is 10.3. The fourth-order valence-corrected chi connectivity index (χ4v) is 1.22. The van der Waals surface area contributed by atoms with Crippen LogP contribution in [0, 0.1) is 18.2 Å². The molecule has 2 aromatic rings. The van der Waals surface area contributed by atoms with E-state index in [-0.39, 0.29) is 5.82 Å². The smallest absolute Gasteiger partial charge is 0.131 e. The Bertz CT molecular complexity index is 546. The van der Waals surface area contributed by atoms with Crippen LogP contribution in [0.4, 0.5) is 4.39 Å². The zero-order chi connectivity index (χ0) is 11.4. The molecule has 0 saturated carbocycles. The molecule has 0 spiro atoms. The zero-order valence-corrected chi connectivity index (χ0v) is 8.35. The predicted octanol–water partition coefficient (Wildman–Crippen LogP) is 2.99. The van der Waals surface area contributed by atoms with Crippen molar-refractivity contribution in [3.05, 3.63) is 54.1 Å². The van der Waals surface area contributed by atoms with Crippen LogP contribution in [0.3, 0.4) is 0 Å². The minimum atomic E-state index is -0.344. The highest BCUT2D eigenvalue weighted by Crippen LogP contribution is 2.21. The molecule has 3 heteroatoms. The van der Waals surface area contributed by atoms with Gasteiger partial charge in [-0.25, -0.2) is 9.37 Å². The lowest BCUT2D eigenvalue weighted by Gasteiger charge is -2.05. The van der Waals surface area contributed by atoms with Gasteiger partial charge in [0.05, 0.1) is 0 Å². The van der Waals surface area contributed by atoms with Crippen molar-refractivity contribution in [3.63, 3.8) is 0 Å². The Kier molecular flexibility index (Phi) is 2.84. The number of hydrogen-bond donors (Lipinski definition) is 0. The van der Waals surface area contributed by atoms with Crippen molar-refractivity contribution in [2.75, 3.05) is 0 Å². The number of halogens is 1. The van der Waals surface area contributed by atoms with Crippen LogP contribution in [0.5, 0.6) is 11.5 Å². The van der Waals surface area contributed by atoms with E-state index in [2.05, 4.69) is 10.9 Å². The van der Waals surface area contributed by atoms with E-state index in [0.717, 1.165) is 0 Å². The van der Waals surface area contributed by atoms with Crippen LogP contribution in [-0.2, 0) is 0 Å². The van der Waals surface area contributed by atoms with E-state index in [4.69, 9.17) is 11.2 Å². The summed E-state index contributed by atoms with van der Waals surface area (Å²) in [5, 5.41) is 0. The first-order valence-corrected chi connectivity index (χ1v) is 4.64. The Morgan fingerprint density at radius 2 is 2.00 bits per heavy atom. The molecule has 0 fully saturated rings. The van der Waals surface area contributed by atoms with Crippen LogP contribution in [0.15, 0.2) is 42.6 Å². The van der Waals surface area contributed by atoms with Crippen molar-refractivity contribution in [2.45, 2.75) is 0 Å². The molecule has 2 rings (SSSR count). The van der Waals surface area contributed by atoms with Crippen molar-refractivity contribution in [1.82, 2.24) is 4.98 Å². The molecule has 0 radical (unpaired) electrons. The van der Waals surface area contributed by atoms with E-state index < -0.39 is 0 Å². The van der Waals surface area contributed by atoms with Crippen LogP contribution < -0.4 is 4.74 Å². The Morgan fingerprint density at radius 3 is 2.75 bits per heavy atom. The molecular formula is C13H8FNO. The second-order valence-electron chi connectivity index (χ2n) is 3.08. The molecule has 16 heavy (non-hydrogen) atoms. The summed E-state index contributed by atoms with van der Waals surface area (Å²) in [5.74, 6) is 3.02. The predicted molar refractivity (Wildman–Crippen MR) is 58.6 cm³/mol. The third kappa shape index (κ3) is 2.37. The largest absolute Gasteiger partial charge is 0.457 e. The minimum Gasteiger partial charge on any atom is -0.457 e. The highest BCUT2D eigenvalue weighted by atomic mass is 19.1. The molecule has 0 atom stereocenters. The number of terminal acetylenes is 1. The molecule has 1 aromatic carbocycles. The molecule has 0 aliphatic heterocycles. The van der Waals surface area contributed by atoms with Gasteiger partial charge in [-0.05, 0) is 18.2 Å². The van der Waals surface area contributed by atoms with Crippen molar-refractivity contribution >= 4 is 0 Å². The van der Waals surface area contributed by atoms with Gasteiger partial charge in [0, 0.05) is 18.3 Å². The molecule has 2 nitrogen and oxygen atoms in total. The maximum atomic E-state index is 12.9. The lowest BCUT2D eigenvalue weighted by Crippen LogP contribution is -1.87. The second kappa shape index (κ2) is 4.45. The number of hydrogen-bond acceptors (Lipinski definition) is 2. The van der Waals surface area contributed by atoms with E-state index in [0.29, 0.717) is 17.2 Å². The normalized spacial score (nSPS) is 9.50. The van der Waals surface area contributed by atoms with Crippen LogP contribution in [0.1, 0.15) is 5.69 Å². The van der Waals surface area contributed by atoms with Gasteiger partial charge >= 0.3 is 0 Å². The van der Waals surface area contributed by atoms with Gasteiger partial charge in [-0.3, -0.25) is 0 Å². The maximum Gasteiger partial charge on any atom is 0.131 e. The van der Waals surface area contributed by atoms with Crippen molar-refractivity contribution in [1.29, 1.82) is 0 Å². The Labute approximate surface area is 92.7 Å². The monoisotopic (exact) mass is 213 g/mol. The number of nitrogens with zero attached hydrogens (tertiary/aromatic N) is 1. The summed E-state index contributed by atoms with van der Waals surface area (Å²) >= 11 is 0. The number of ether oxygens (including phenoxy) is 1. The van der Waals surface area contributed by atoms with Gasteiger partial charge in [0.25, 0.3) is 0 Å². The number of pyridine rings is 1. The first kappa shape index (κ1) is 10.2. The quantitative estimate of drug-likeness (QED) is 0.715. The van der Waals surface area contributed by atoms with Gasteiger partial charge in [-0.1, -0.05) is 12.0 Å². The van der Waals surface area contributed by atoms with Crippen molar-refractivity contribution in [2.24, 2.45) is 0 Å². The first-order valence-electron chi connectivity index (χ1n) is 4.64. The van der Waals surface area contributed by atoms with E-state index in [1.165, 1.54) is 12.1 Å². The Hall–Kier alpha value is -2.34. The third-order valence-corrected chi connectivity index (χ3v) is 1.91. The summed E-state index contributed by atoms with van der Waals surface area (Å²) < 4.78 is 18.3. The molecule has 0 saturated heterocycles. The van der Waals surface area contributed by atoms with E-state index in [9.17, 15) is 4.39 Å². The van der Waals surface area contributed by atoms with Crippen LogP contribution in [0.2, 0.25) is 0 Å². The van der Waals surface area contributed by atoms with Crippen molar-refractivity contribution < 1.29 is 9.13 Å². The number of aromatic nitrogens is 1. The van der Waals surface area contributed by atoms with E-state index >= 15 is 0 Å². The first-order chi connectivity index (χ1) is 7.78. The molecule has 0 aliphatic carbocycles. The maximum absolute atomic E-state index is 12.9. The number of rotatable bonds is 2. The molecule has 0 aliphatic rings. The fraction of sp³-hybridized carbons (Fsp3) is 0. The molecule has 1 heterocycles. The zero-order valence-electron chi connectivity index (χ0n) is 8.35. The van der Waals surface area contributed by atoms with Crippen LogP contribution in [-0.4, -0.2) is 4.98 Å². The van der Waals surface area contributed by atoms with Gasteiger partial charge in [0.2, 0.25) is 0 Å². The second-order valence-corrected chi connectivity index (χ2v) is 3.08. The van der Waals surface area contributed by atoms with Crippen molar-refractivity contribution in [3.8, 4) is 23.8 Å². The summed E-state index contributed by atoms with van der Waals surface area (Å²) in [7, 11) is 0. The summed E-state index contributed by atoms with van der Waals surface area (Å²) in [4.78, 5) is 3.93. The van der Waals surface area contributed by atoms with E-state index in [1.807, 2.05) is 0 Å². The van der Waals surface area contributed by atoms with Gasteiger partial charge in [0.15, 0.2) is 0 Å². The summed E-state index contributed by atoms with van der Waals surface area (Å²) in [6.45, 7) is 0. The third-order valence-electron chi connectivity index (χ3n) is 1.91. The average molecular weight is 213 g/mol. The highest BCUT2D eigenvalue weighted by molar-refractivity contribution is 5.35.